The summed E-state index contributed by atoms with van der Waals surface area (Å²) in [5.74, 6) is 0.259. The van der Waals surface area contributed by atoms with Crippen molar-refractivity contribution in [3.8, 4) is 5.75 Å². The zero-order chi connectivity index (χ0) is 14.8. The van der Waals surface area contributed by atoms with E-state index in [1.807, 2.05) is 24.3 Å². The highest BCUT2D eigenvalue weighted by Crippen LogP contribution is 2.31. The van der Waals surface area contributed by atoms with Gasteiger partial charge in [0.25, 0.3) is 0 Å². The van der Waals surface area contributed by atoms with Gasteiger partial charge in [-0.1, -0.05) is 25.1 Å². The number of carbonyl (C=O) groups is 1. The first-order valence-corrected chi connectivity index (χ1v) is 8.41. The van der Waals surface area contributed by atoms with Crippen LogP contribution in [-0.4, -0.2) is 31.9 Å². The summed E-state index contributed by atoms with van der Waals surface area (Å²) in [4.78, 5) is 12.1. The van der Waals surface area contributed by atoms with Gasteiger partial charge in [-0.2, -0.15) is 0 Å². The first kappa shape index (κ1) is 14.8. The average Bonchev–Trinajstić information content (AvgIpc) is 2.46. The zero-order valence-electron chi connectivity index (χ0n) is 11.6. The highest BCUT2D eigenvalue weighted by atomic mass is 32.2. The Balaban J connectivity index is 2.14. The molecule has 0 aromatic heterocycles. The van der Waals surface area contributed by atoms with E-state index in [1.54, 1.807) is 6.92 Å². The van der Waals surface area contributed by atoms with Gasteiger partial charge in [-0.3, -0.25) is 4.79 Å². The van der Waals surface area contributed by atoms with Crippen LogP contribution in [0.1, 0.15) is 31.9 Å². The monoisotopic (exact) mass is 297 g/mol. The van der Waals surface area contributed by atoms with Crippen LogP contribution in [0.5, 0.6) is 5.75 Å². The Morgan fingerprint density at radius 1 is 1.45 bits per heavy atom. The van der Waals surface area contributed by atoms with Crippen molar-refractivity contribution >= 4 is 15.7 Å². The van der Waals surface area contributed by atoms with Gasteiger partial charge in [0.1, 0.15) is 11.0 Å². The Bertz CT molecular complexity index is 597. The summed E-state index contributed by atoms with van der Waals surface area (Å²) in [6.45, 7) is 3.49. The molecule has 110 valence electrons. The molecule has 1 N–H and O–H groups in total. The molecule has 6 heteroatoms. The first-order chi connectivity index (χ1) is 9.45. The molecule has 0 spiro atoms. The predicted molar refractivity (Wildman–Crippen MR) is 76.4 cm³/mol. The quantitative estimate of drug-likeness (QED) is 0.913. The molecule has 1 aromatic rings. The van der Waals surface area contributed by atoms with E-state index in [0.29, 0.717) is 13.0 Å². The lowest BCUT2D eigenvalue weighted by Gasteiger charge is -2.27. The summed E-state index contributed by atoms with van der Waals surface area (Å²) in [6, 6.07) is 7.28. The Labute approximate surface area is 119 Å². The van der Waals surface area contributed by atoms with Gasteiger partial charge in [0, 0.05) is 17.7 Å². The van der Waals surface area contributed by atoms with Gasteiger partial charge in [0.05, 0.1) is 12.6 Å². The Morgan fingerprint density at radius 3 is 2.85 bits per heavy atom. The van der Waals surface area contributed by atoms with E-state index in [2.05, 4.69) is 5.32 Å². The summed E-state index contributed by atoms with van der Waals surface area (Å²) in [6.07, 6.45) is 0.641. The third-order valence-electron chi connectivity index (χ3n) is 3.59. The largest absolute Gasteiger partial charge is 0.493 e. The third kappa shape index (κ3) is 2.95. The van der Waals surface area contributed by atoms with Crippen LogP contribution >= 0.6 is 0 Å². The predicted octanol–water partition coefficient (Wildman–Crippen LogP) is 1.45. The number of rotatable bonds is 4. The molecule has 1 aliphatic heterocycles. The highest BCUT2D eigenvalue weighted by Gasteiger charge is 2.30. The Hall–Kier alpha value is -1.56. The van der Waals surface area contributed by atoms with Gasteiger partial charge in [-0.15, -0.1) is 0 Å². The van der Waals surface area contributed by atoms with Crippen LogP contribution in [0.25, 0.3) is 0 Å². The number of fused-ring (bicyclic) bond motifs is 1. The number of hydrogen-bond donors (Lipinski definition) is 1. The number of sulfone groups is 1. The smallest absolute Gasteiger partial charge is 0.238 e. The maximum atomic E-state index is 12.1. The molecule has 0 aliphatic carbocycles. The maximum Gasteiger partial charge on any atom is 0.238 e. The summed E-state index contributed by atoms with van der Waals surface area (Å²) < 4.78 is 29.0. The minimum absolute atomic E-state index is 0.0358. The van der Waals surface area contributed by atoms with Crippen molar-refractivity contribution in [2.24, 2.45) is 0 Å². The minimum atomic E-state index is -3.37. The van der Waals surface area contributed by atoms with Crippen molar-refractivity contribution in [3.05, 3.63) is 29.8 Å². The van der Waals surface area contributed by atoms with E-state index >= 15 is 0 Å². The molecule has 20 heavy (non-hydrogen) atoms. The number of ether oxygens (including phenoxy) is 1. The second-order valence-electron chi connectivity index (χ2n) is 4.83. The number of carbonyl (C=O) groups excluding carboxylic acids is 1. The number of para-hydroxylation sites is 1. The summed E-state index contributed by atoms with van der Waals surface area (Å²) in [5, 5.41) is 1.79. The second kappa shape index (κ2) is 5.83. The molecule has 0 fully saturated rings. The fourth-order valence-corrected chi connectivity index (χ4v) is 3.09. The zero-order valence-corrected chi connectivity index (χ0v) is 12.4. The number of benzene rings is 1. The SMILES string of the molecule is CCS(=O)(=O)[C@@H](C)C(=O)N[C@@H]1CCOc2ccccc21. The van der Waals surface area contributed by atoms with Gasteiger partial charge in [0.2, 0.25) is 5.91 Å². The van der Waals surface area contributed by atoms with Gasteiger partial charge >= 0.3 is 0 Å². The van der Waals surface area contributed by atoms with E-state index in [9.17, 15) is 13.2 Å². The van der Waals surface area contributed by atoms with Crippen LogP contribution in [0.2, 0.25) is 0 Å². The van der Waals surface area contributed by atoms with Crippen molar-refractivity contribution in [1.29, 1.82) is 0 Å². The molecule has 0 unspecified atom stereocenters. The van der Waals surface area contributed by atoms with Crippen molar-refractivity contribution < 1.29 is 17.9 Å². The highest BCUT2D eigenvalue weighted by molar-refractivity contribution is 7.92. The minimum Gasteiger partial charge on any atom is -0.493 e. The molecule has 1 amide bonds. The topological polar surface area (TPSA) is 72.5 Å². The van der Waals surface area contributed by atoms with Crippen LogP contribution in [0.15, 0.2) is 24.3 Å². The average molecular weight is 297 g/mol. The molecule has 5 nitrogen and oxygen atoms in total. The molecule has 0 radical (unpaired) electrons. The van der Waals surface area contributed by atoms with Crippen molar-refractivity contribution in [3.63, 3.8) is 0 Å². The second-order valence-corrected chi connectivity index (χ2v) is 7.44. The molecule has 2 atom stereocenters. The molecule has 1 aromatic carbocycles. The first-order valence-electron chi connectivity index (χ1n) is 6.69. The van der Waals surface area contributed by atoms with Crippen LogP contribution in [0, 0.1) is 0 Å². The van der Waals surface area contributed by atoms with Gasteiger partial charge < -0.3 is 10.1 Å². The lowest BCUT2D eigenvalue weighted by atomic mass is 10.0. The lowest BCUT2D eigenvalue weighted by molar-refractivity contribution is -0.121. The van der Waals surface area contributed by atoms with E-state index in [0.717, 1.165) is 11.3 Å². The van der Waals surface area contributed by atoms with Crippen LogP contribution in [0.3, 0.4) is 0 Å². The Kier molecular flexibility index (Phi) is 4.32. The van der Waals surface area contributed by atoms with E-state index in [4.69, 9.17) is 4.74 Å². The van der Waals surface area contributed by atoms with Gasteiger partial charge in [-0.25, -0.2) is 8.42 Å². The number of nitrogens with one attached hydrogen (secondary N) is 1. The molecule has 1 heterocycles. The summed E-state index contributed by atoms with van der Waals surface area (Å²) >= 11 is 0. The fraction of sp³-hybridized carbons (Fsp3) is 0.500. The molecule has 0 saturated carbocycles. The van der Waals surface area contributed by atoms with Crippen LogP contribution < -0.4 is 10.1 Å². The lowest BCUT2D eigenvalue weighted by Crippen LogP contribution is -2.41. The normalized spacial score (nSPS) is 19.6. The molecule has 2 rings (SSSR count). The van der Waals surface area contributed by atoms with Gasteiger partial charge in [0.15, 0.2) is 9.84 Å². The number of amides is 1. The molecule has 0 bridgehead atoms. The van der Waals surface area contributed by atoms with Crippen LogP contribution in [-0.2, 0) is 14.6 Å². The van der Waals surface area contributed by atoms with E-state index in [-0.39, 0.29) is 11.8 Å². The van der Waals surface area contributed by atoms with Crippen molar-refractivity contribution in [1.82, 2.24) is 5.32 Å². The molecule has 1 aliphatic rings. The van der Waals surface area contributed by atoms with E-state index in [1.165, 1.54) is 6.92 Å². The molecular weight excluding hydrogens is 278 g/mol. The molecular formula is C14H19NO4S. The summed E-state index contributed by atoms with van der Waals surface area (Å²) in [7, 11) is -3.37. The number of hydrogen-bond acceptors (Lipinski definition) is 4. The van der Waals surface area contributed by atoms with Gasteiger partial charge in [-0.05, 0) is 13.0 Å². The fourth-order valence-electron chi connectivity index (χ4n) is 2.19. The van der Waals surface area contributed by atoms with Crippen LogP contribution in [0.4, 0.5) is 0 Å². The Morgan fingerprint density at radius 2 is 2.15 bits per heavy atom. The van der Waals surface area contributed by atoms with Crippen molar-refractivity contribution in [2.75, 3.05) is 12.4 Å². The third-order valence-corrected chi connectivity index (χ3v) is 5.68. The van der Waals surface area contributed by atoms with E-state index < -0.39 is 21.0 Å². The van der Waals surface area contributed by atoms with Crippen molar-refractivity contribution in [2.45, 2.75) is 31.6 Å². The standard InChI is InChI=1S/C14H19NO4S/c1-3-20(17,18)10(2)14(16)15-12-8-9-19-13-7-5-4-6-11(12)13/h4-7,10,12H,3,8-9H2,1-2H3,(H,15,16)/t10-,12+/m0/s1. The molecule has 0 saturated heterocycles. The maximum absolute atomic E-state index is 12.1. The summed E-state index contributed by atoms with van der Waals surface area (Å²) in [5.41, 5.74) is 0.896.